The van der Waals surface area contributed by atoms with Gasteiger partial charge in [-0.3, -0.25) is 4.79 Å². The van der Waals surface area contributed by atoms with Crippen molar-refractivity contribution in [3.8, 4) is 0 Å². The first-order chi connectivity index (χ1) is 4.34. The third kappa shape index (κ3) is 4.50. The van der Waals surface area contributed by atoms with Crippen molar-refractivity contribution in [1.82, 2.24) is 0 Å². The third-order valence-electron chi connectivity index (χ3n) is 0.508. The van der Waals surface area contributed by atoms with Gasteiger partial charge in [0.05, 0.1) is 0 Å². The van der Waals surface area contributed by atoms with Crippen molar-refractivity contribution in [3.63, 3.8) is 0 Å². The maximum atomic E-state index is 10.7. The van der Waals surface area contributed by atoms with E-state index in [0.29, 0.717) is 0 Å². The topological polar surface area (TPSA) is 29.4 Å². The fourth-order valence-corrected chi connectivity index (χ4v) is 0.963. The summed E-state index contributed by atoms with van der Waals surface area (Å²) < 4.78 is 1.65. The Morgan fingerprint density at radius 3 is 1.90 bits per heavy atom. The summed E-state index contributed by atoms with van der Waals surface area (Å²) in [4.78, 5) is 10.7. The molecular formula is C4H6Cl3NOS. The Morgan fingerprint density at radius 2 is 1.80 bits per heavy atom. The van der Waals surface area contributed by atoms with Gasteiger partial charge in [-0.1, -0.05) is 45.5 Å². The molecule has 0 aliphatic heterocycles. The molecule has 10 heavy (non-hydrogen) atoms. The zero-order valence-corrected chi connectivity index (χ0v) is 8.48. The SMILES string of the molecule is CS(C)=NC(=O)C(Cl)(Cl)Cl. The van der Waals surface area contributed by atoms with Gasteiger partial charge >= 0.3 is 5.91 Å². The molecule has 0 heterocycles. The van der Waals surface area contributed by atoms with Gasteiger partial charge in [-0.15, -0.1) is 0 Å². The van der Waals surface area contributed by atoms with Gasteiger partial charge in [0.25, 0.3) is 3.79 Å². The number of amides is 1. The molecule has 0 aromatic carbocycles. The average molecular weight is 223 g/mol. The Labute approximate surface area is 76.9 Å². The van der Waals surface area contributed by atoms with Gasteiger partial charge in [0.15, 0.2) is 0 Å². The number of rotatable bonds is 0. The van der Waals surface area contributed by atoms with Crippen LogP contribution in [-0.2, 0) is 15.5 Å². The standard InChI is InChI=1S/C4H6Cl3NOS/c1-10(2)8-3(9)4(5,6)7/h1-2H3. The third-order valence-corrected chi connectivity index (χ3v) is 1.52. The Balaban J connectivity index is 4.27. The monoisotopic (exact) mass is 221 g/mol. The van der Waals surface area contributed by atoms with Gasteiger partial charge in [-0.2, -0.15) is 4.36 Å². The Morgan fingerprint density at radius 1 is 1.40 bits per heavy atom. The summed E-state index contributed by atoms with van der Waals surface area (Å²) in [6.07, 6.45) is 3.52. The fourth-order valence-electron chi connectivity index (χ4n) is 0.218. The van der Waals surface area contributed by atoms with Gasteiger partial charge in [0, 0.05) is 0 Å². The van der Waals surface area contributed by atoms with Gasteiger partial charge in [0.2, 0.25) is 0 Å². The highest BCUT2D eigenvalue weighted by atomic mass is 35.6. The van der Waals surface area contributed by atoms with Crippen LogP contribution in [0.4, 0.5) is 0 Å². The van der Waals surface area contributed by atoms with Crippen molar-refractivity contribution in [3.05, 3.63) is 0 Å². The van der Waals surface area contributed by atoms with E-state index < -0.39 is 9.70 Å². The van der Waals surface area contributed by atoms with Gasteiger partial charge in [-0.05, 0) is 12.5 Å². The van der Waals surface area contributed by atoms with E-state index >= 15 is 0 Å². The molecule has 0 rings (SSSR count). The van der Waals surface area contributed by atoms with E-state index in [9.17, 15) is 4.79 Å². The number of alkyl halides is 3. The zero-order chi connectivity index (χ0) is 8.36. The normalized spacial score (nSPS) is 11.8. The first-order valence-electron chi connectivity index (χ1n) is 2.24. The van der Waals surface area contributed by atoms with Crippen molar-refractivity contribution < 1.29 is 4.79 Å². The number of hydrogen-bond acceptors (Lipinski definition) is 1. The van der Waals surface area contributed by atoms with E-state index in [1.165, 1.54) is 0 Å². The largest absolute Gasteiger partial charge is 0.303 e. The minimum Gasteiger partial charge on any atom is -0.267 e. The second-order valence-electron chi connectivity index (χ2n) is 1.67. The lowest BCUT2D eigenvalue weighted by atomic mass is 10.7. The van der Waals surface area contributed by atoms with E-state index in [1.807, 2.05) is 0 Å². The van der Waals surface area contributed by atoms with Crippen molar-refractivity contribution >= 4 is 51.4 Å². The molecule has 0 aromatic rings. The van der Waals surface area contributed by atoms with Crippen molar-refractivity contribution in [2.24, 2.45) is 4.36 Å². The highest BCUT2D eigenvalue weighted by Crippen LogP contribution is 2.27. The van der Waals surface area contributed by atoms with E-state index in [-0.39, 0.29) is 10.7 Å². The lowest BCUT2D eigenvalue weighted by molar-refractivity contribution is -0.116. The van der Waals surface area contributed by atoms with Crippen LogP contribution in [-0.4, -0.2) is 22.2 Å². The summed E-state index contributed by atoms with van der Waals surface area (Å²) in [5, 5.41) is 0. The number of hydrogen-bond donors (Lipinski definition) is 0. The lowest BCUT2D eigenvalue weighted by Crippen LogP contribution is -2.16. The molecule has 2 nitrogen and oxygen atoms in total. The van der Waals surface area contributed by atoms with Crippen LogP contribution in [0.15, 0.2) is 4.36 Å². The van der Waals surface area contributed by atoms with Crippen LogP contribution in [0.1, 0.15) is 0 Å². The number of nitrogens with zero attached hydrogens (tertiary/aromatic N) is 1. The highest BCUT2D eigenvalue weighted by Gasteiger charge is 2.30. The summed E-state index contributed by atoms with van der Waals surface area (Å²) in [5.41, 5.74) is 0. The Bertz CT molecular complexity index is 170. The molecule has 0 atom stereocenters. The molecule has 0 aliphatic rings. The first kappa shape index (κ1) is 10.7. The van der Waals surface area contributed by atoms with Crippen molar-refractivity contribution in [2.45, 2.75) is 3.79 Å². The fraction of sp³-hybridized carbons (Fsp3) is 0.750. The maximum absolute atomic E-state index is 10.7. The molecule has 1 amide bonds. The quantitative estimate of drug-likeness (QED) is 0.576. The van der Waals surface area contributed by atoms with Crippen molar-refractivity contribution in [1.29, 1.82) is 0 Å². The molecule has 0 bridgehead atoms. The van der Waals surface area contributed by atoms with Crippen molar-refractivity contribution in [2.75, 3.05) is 12.5 Å². The van der Waals surface area contributed by atoms with Gasteiger partial charge < -0.3 is 0 Å². The molecule has 0 spiro atoms. The Kier molecular flexibility index (Phi) is 4.17. The first-order valence-corrected chi connectivity index (χ1v) is 5.38. The summed E-state index contributed by atoms with van der Waals surface area (Å²) in [5.74, 6) is -0.703. The number of carbonyl (C=O) groups excluding carboxylic acids is 1. The van der Waals surface area contributed by atoms with Crippen LogP contribution in [0.5, 0.6) is 0 Å². The average Bonchev–Trinajstić information content (AvgIpc) is 1.60. The summed E-state index contributed by atoms with van der Waals surface area (Å²) >= 11 is 15.7. The molecule has 60 valence electrons. The summed E-state index contributed by atoms with van der Waals surface area (Å²) in [6, 6.07) is 0. The van der Waals surface area contributed by atoms with Crippen LogP contribution in [0, 0.1) is 0 Å². The van der Waals surface area contributed by atoms with E-state index in [4.69, 9.17) is 34.8 Å². The van der Waals surface area contributed by atoms with Crippen LogP contribution < -0.4 is 0 Å². The van der Waals surface area contributed by atoms with Crippen LogP contribution in [0.3, 0.4) is 0 Å². The molecule has 0 aromatic heterocycles. The minimum absolute atomic E-state index is 0.370. The molecule has 0 unspecified atom stereocenters. The molecule has 0 saturated carbocycles. The highest BCUT2D eigenvalue weighted by molar-refractivity contribution is 7.86. The van der Waals surface area contributed by atoms with Gasteiger partial charge in [0.1, 0.15) is 0 Å². The molecule has 0 saturated heterocycles. The Hall–Kier alpha value is 0.690. The number of carbonyl (C=O) groups is 1. The molecular weight excluding hydrogens is 216 g/mol. The summed E-state index contributed by atoms with van der Waals surface area (Å²) in [7, 11) is -0.370. The maximum Gasteiger partial charge on any atom is 0.303 e. The predicted molar refractivity (Wildman–Crippen MR) is 46.9 cm³/mol. The van der Waals surface area contributed by atoms with E-state index in [0.717, 1.165) is 0 Å². The number of halogens is 3. The van der Waals surface area contributed by atoms with Crippen LogP contribution in [0.2, 0.25) is 0 Å². The van der Waals surface area contributed by atoms with Crippen LogP contribution in [0.25, 0.3) is 0 Å². The molecule has 6 heteroatoms. The lowest BCUT2D eigenvalue weighted by Gasteiger charge is -2.03. The van der Waals surface area contributed by atoms with E-state index in [2.05, 4.69) is 4.36 Å². The van der Waals surface area contributed by atoms with Crippen LogP contribution >= 0.6 is 34.8 Å². The molecule has 0 fully saturated rings. The summed E-state index contributed by atoms with van der Waals surface area (Å²) in [6.45, 7) is 0. The second kappa shape index (κ2) is 3.90. The molecule has 0 N–H and O–H groups in total. The molecule has 0 radical (unpaired) electrons. The smallest absolute Gasteiger partial charge is 0.267 e. The predicted octanol–water partition coefficient (Wildman–Crippen LogP) is 1.94. The molecule has 0 aliphatic carbocycles. The zero-order valence-electron chi connectivity index (χ0n) is 5.40. The minimum atomic E-state index is -1.89. The van der Waals surface area contributed by atoms with Gasteiger partial charge in [-0.25, -0.2) is 0 Å². The second-order valence-corrected chi connectivity index (χ2v) is 5.68. The van der Waals surface area contributed by atoms with E-state index in [1.54, 1.807) is 12.5 Å².